The fourth-order valence-corrected chi connectivity index (χ4v) is 5.41. The van der Waals surface area contributed by atoms with Crippen LogP contribution in [-0.4, -0.2) is 48.2 Å². The lowest BCUT2D eigenvalue weighted by Crippen LogP contribution is -2.31. The summed E-state index contributed by atoms with van der Waals surface area (Å²) in [6.07, 6.45) is 3.90. The fraction of sp³-hybridized carbons (Fsp3) is 0.290. The minimum atomic E-state index is -0.759. The number of aromatic nitrogens is 5. The summed E-state index contributed by atoms with van der Waals surface area (Å²) in [4.78, 5) is 43.5. The summed E-state index contributed by atoms with van der Waals surface area (Å²) in [6.45, 7) is 7.52. The number of nitrogens with zero attached hydrogens (tertiary/aromatic N) is 4. The number of ether oxygens (including phenoxy) is 1. The average molecular weight is 584 g/mol. The second-order valence-electron chi connectivity index (χ2n) is 11.6. The Morgan fingerprint density at radius 2 is 1.93 bits per heavy atom. The quantitative estimate of drug-likeness (QED) is 0.252. The molecule has 220 valence electrons. The highest BCUT2D eigenvalue weighted by Gasteiger charge is 2.30. The topological polar surface area (TPSA) is 143 Å². The van der Waals surface area contributed by atoms with Crippen LogP contribution in [0.5, 0.6) is 0 Å². The van der Waals surface area contributed by atoms with E-state index < -0.39 is 29.2 Å². The van der Waals surface area contributed by atoms with E-state index in [0.29, 0.717) is 18.4 Å². The van der Waals surface area contributed by atoms with E-state index in [0.717, 1.165) is 43.9 Å². The lowest BCUT2D eigenvalue weighted by Gasteiger charge is -2.21. The molecule has 0 fully saturated rings. The molecule has 0 aliphatic heterocycles. The molecule has 0 radical (unpaired) electrons. The van der Waals surface area contributed by atoms with Crippen molar-refractivity contribution in [2.24, 2.45) is 0 Å². The molecule has 11 nitrogen and oxygen atoms in total. The van der Waals surface area contributed by atoms with Crippen LogP contribution in [-0.2, 0) is 17.7 Å². The number of benzene rings is 2. The molecule has 2 amide bonds. The van der Waals surface area contributed by atoms with Gasteiger partial charge in [0.25, 0.3) is 11.8 Å². The van der Waals surface area contributed by atoms with Crippen LogP contribution in [0.4, 0.5) is 4.39 Å². The molecule has 2 aromatic carbocycles. The molecule has 12 heteroatoms. The van der Waals surface area contributed by atoms with Crippen molar-refractivity contribution in [2.75, 3.05) is 0 Å². The van der Waals surface area contributed by atoms with Crippen molar-refractivity contribution in [3.8, 4) is 0 Å². The molecule has 0 saturated carbocycles. The molecular formula is C31H30FN7O4. The molecule has 0 spiro atoms. The Bertz CT molecular complexity index is 1920. The molecular weight excluding hydrogens is 553 g/mol. The van der Waals surface area contributed by atoms with Crippen LogP contribution >= 0.6 is 0 Å². The fourth-order valence-electron chi connectivity index (χ4n) is 5.41. The third-order valence-corrected chi connectivity index (χ3v) is 7.47. The Balaban J connectivity index is 1.23. The molecule has 3 aromatic heterocycles. The highest BCUT2D eigenvalue weighted by atomic mass is 19.1. The highest BCUT2D eigenvalue weighted by molar-refractivity contribution is 5.98. The molecule has 0 saturated heterocycles. The van der Waals surface area contributed by atoms with Gasteiger partial charge in [-0.25, -0.2) is 18.7 Å². The predicted molar refractivity (Wildman–Crippen MR) is 155 cm³/mol. The van der Waals surface area contributed by atoms with Crippen LogP contribution in [0.3, 0.4) is 0 Å². The van der Waals surface area contributed by atoms with E-state index in [2.05, 4.69) is 30.9 Å². The maximum Gasteiger partial charge on any atom is 0.338 e. The van der Waals surface area contributed by atoms with Gasteiger partial charge in [0.05, 0.1) is 29.5 Å². The molecule has 6 rings (SSSR count). The SMILES string of the molecule is Cc1c(C(=O)OC(C)(C)C)ccc2c1CC[C@@H]2NC(=O)c1cc(C(=O)NCc2ccc3[nH]ncc3c2)nc2c(F)cnn12. The van der Waals surface area contributed by atoms with Crippen molar-refractivity contribution in [3.05, 3.63) is 93.8 Å². The van der Waals surface area contributed by atoms with Crippen molar-refractivity contribution >= 4 is 34.3 Å². The minimum Gasteiger partial charge on any atom is -0.456 e. The van der Waals surface area contributed by atoms with E-state index in [9.17, 15) is 18.8 Å². The number of fused-ring (bicyclic) bond motifs is 3. The van der Waals surface area contributed by atoms with Crippen LogP contribution < -0.4 is 10.6 Å². The third-order valence-electron chi connectivity index (χ3n) is 7.47. The Labute approximate surface area is 245 Å². The molecule has 1 atom stereocenters. The number of amides is 2. The molecule has 0 unspecified atom stereocenters. The first-order chi connectivity index (χ1) is 20.5. The van der Waals surface area contributed by atoms with E-state index >= 15 is 0 Å². The summed E-state index contributed by atoms with van der Waals surface area (Å²) in [5, 5.41) is 17.5. The standard InChI is InChI=1S/C31H30FN7O4/c1-16-19-8-10-24(21(19)7-6-20(16)30(42)43-31(2,3)4)37-29(41)26-12-25(36-27-22(32)15-35-39(26)27)28(40)33-13-17-5-9-23-18(11-17)14-34-38-23/h5-7,9,11-12,14-15,24H,8,10,13H2,1-4H3,(H,33,40)(H,34,38)(H,37,41)/t24-/m0/s1. The smallest absolute Gasteiger partial charge is 0.338 e. The van der Waals surface area contributed by atoms with E-state index in [1.807, 2.05) is 52.0 Å². The maximum absolute atomic E-state index is 14.6. The second kappa shape index (κ2) is 10.6. The monoisotopic (exact) mass is 583 g/mol. The van der Waals surface area contributed by atoms with Gasteiger partial charge in [0.1, 0.15) is 17.0 Å². The Hall–Kier alpha value is -5.13. The van der Waals surface area contributed by atoms with E-state index in [1.165, 1.54) is 6.07 Å². The summed E-state index contributed by atoms with van der Waals surface area (Å²) in [5.41, 5.74) is 3.88. The zero-order chi connectivity index (χ0) is 30.5. The minimum absolute atomic E-state index is 0.0330. The maximum atomic E-state index is 14.6. The number of nitrogens with one attached hydrogen (secondary N) is 3. The Morgan fingerprint density at radius 3 is 2.72 bits per heavy atom. The van der Waals surface area contributed by atoms with Crippen LogP contribution in [0.25, 0.3) is 16.6 Å². The van der Waals surface area contributed by atoms with Crippen molar-refractivity contribution in [2.45, 2.75) is 58.7 Å². The van der Waals surface area contributed by atoms with Gasteiger partial charge in [0, 0.05) is 18.0 Å². The second-order valence-corrected chi connectivity index (χ2v) is 11.6. The van der Waals surface area contributed by atoms with Gasteiger partial charge in [0.15, 0.2) is 11.5 Å². The number of halogens is 1. The number of rotatable bonds is 6. The van der Waals surface area contributed by atoms with Crippen LogP contribution in [0.2, 0.25) is 0 Å². The summed E-state index contributed by atoms with van der Waals surface area (Å²) >= 11 is 0. The van der Waals surface area contributed by atoms with Crippen molar-refractivity contribution in [1.29, 1.82) is 0 Å². The molecule has 3 heterocycles. The van der Waals surface area contributed by atoms with Gasteiger partial charge >= 0.3 is 5.97 Å². The summed E-state index contributed by atoms with van der Waals surface area (Å²) in [7, 11) is 0. The van der Waals surface area contributed by atoms with E-state index in [-0.39, 0.29) is 29.6 Å². The molecule has 43 heavy (non-hydrogen) atoms. The molecule has 3 N–H and O–H groups in total. The normalized spacial score (nSPS) is 14.6. The highest BCUT2D eigenvalue weighted by Crippen LogP contribution is 2.35. The van der Waals surface area contributed by atoms with Crippen LogP contribution in [0.15, 0.2) is 48.8 Å². The van der Waals surface area contributed by atoms with Gasteiger partial charge in [-0.05, 0) is 81.0 Å². The van der Waals surface area contributed by atoms with Gasteiger partial charge < -0.3 is 15.4 Å². The molecule has 1 aliphatic rings. The van der Waals surface area contributed by atoms with E-state index in [4.69, 9.17) is 4.74 Å². The number of H-pyrrole nitrogens is 1. The van der Waals surface area contributed by atoms with Crippen LogP contribution in [0.1, 0.15) is 86.8 Å². The van der Waals surface area contributed by atoms with Gasteiger partial charge in [-0.1, -0.05) is 12.1 Å². The first-order valence-electron chi connectivity index (χ1n) is 13.9. The van der Waals surface area contributed by atoms with Gasteiger partial charge in [-0.15, -0.1) is 0 Å². The van der Waals surface area contributed by atoms with Crippen molar-refractivity contribution in [3.63, 3.8) is 0 Å². The lowest BCUT2D eigenvalue weighted by molar-refractivity contribution is 0.00683. The molecule has 0 bridgehead atoms. The number of carbonyl (C=O) groups excluding carboxylic acids is 3. The summed E-state index contributed by atoms with van der Waals surface area (Å²) in [6, 6.07) is 10.1. The number of hydrogen-bond acceptors (Lipinski definition) is 7. The Morgan fingerprint density at radius 1 is 1.12 bits per heavy atom. The van der Waals surface area contributed by atoms with Gasteiger partial charge in [0.2, 0.25) is 0 Å². The van der Waals surface area contributed by atoms with E-state index in [1.54, 1.807) is 12.3 Å². The van der Waals surface area contributed by atoms with Crippen LogP contribution in [0, 0.1) is 12.7 Å². The number of carbonyl (C=O) groups is 3. The van der Waals surface area contributed by atoms with Crippen molar-refractivity contribution < 1.29 is 23.5 Å². The van der Waals surface area contributed by atoms with Gasteiger partial charge in [-0.3, -0.25) is 14.7 Å². The zero-order valence-electron chi connectivity index (χ0n) is 24.1. The summed E-state index contributed by atoms with van der Waals surface area (Å²) in [5.74, 6) is -2.26. The lowest BCUT2D eigenvalue weighted by atomic mass is 9.97. The Kier molecular flexibility index (Phi) is 6.91. The largest absolute Gasteiger partial charge is 0.456 e. The average Bonchev–Trinajstić information content (AvgIpc) is 3.69. The van der Waals surface area contributed by atoms with Crippen molar-refractivity contribution in [1.82, 2.24) is 35.4 Å². The number of aromatic amines is 1. The molecule has 5 aromatic rings. The first-order valence-corrected chi connectivity index (χ1v) is 13.9. The summed E-state index contributed by atoms with van der Waals surface area (Å²) < 4.78 is 21.2. The number of hydrogen-bond donors (Lipinski definition) is 3. The first kappa shape index (κ1) is 28.0. The number of esters is 1. The third kappa shape index (κ3) is 5.43. The molecule has 1 aliphatic carbocycles. The predicted octanol–water partition coefficient (Wildman–Crippen LogP) is 4.36. The van der Waals surface area contributed by atoms with Gasteiger partial charge in [-0.2, -0.15) is 10.2 Å². The zero-order valence-corrected chi connectivity index (χ0v) is 24.1.